The number of anilines is 1. The van der Waals surface area contributed by atoms with Crippen LogP contribution < -0.4 is 21.1 Å². The highest BCUT2D eigenvalue weighted by Crippen LogP contribution is 2.34. The highest BCUT2D eigenvalue weighted by atomic mass is 19.3. The number of alkyl halides is 2. The monoisotopic (exact) mass is 407 g/mol. The van der Waals surface area contributed by atoms with Crippen LogP contribution in [0.2, 0.25) is 0 Å². The van der Waals surface area contributed by atoms with Crippen molar-refractivity contribution in [3.05, 3.63) is 35.4 Å². The molecule has 2 aromatic rings. The Balaban J connectivity index is 1.85. The molecule has 1 aliphatic rings. The van der Waals surface area contributed by atoms with Crippen LogP contribution in [0.3, 0.4) is 0 Å². The number of halogens is 2. The maximum atomic E-state index is 13.4. The molecule has 0 amide bonds. The fourth-order valence-corrected chi connectivity index (χ4v) is 3.24. The SMILES string of the molecule is CN/C(=C\N)COc1cc(NC2CCC(F)(F)CC2)nc(-n2nc(C)cc2C)n1. The fraction of sp³-hybridized carbons (Fsp3) is 0.526. The smallest absolute Gasteiger partial charge is 0.256 e. The van der Waals surface area contributed by atoms with Crippen molar-refractivity contribution < 1.29 is 13.5 Å². The van der Waals surface area contributed by atoms with Crippen molar-refractivity contribution >= 4 is 5.82 Å². The van der Waals surface area contributed by atoms with E-state index >= 15 is 0 Å². The summed E-state index contributed by atoms with van der Waals surface area (Å²) in [7, 11) is 1.75. The van der Waals surface area contributed by atoms with E-state index in [0.717, 1.165) is 11.4 Å². The molecule has 158 valence electrons. The van der Waals surface area contributed by atoms with E-state index < -0.39 is 5.92 Å². The molecule has 0 unspecified atom stereocenters. The maximum absolute atomic E-state index is 13.4. The first-order valence-electron chi connectivity index (χ1n) is 9.58. The van der Waals surface area contributed by atoms with Gasteiger partial charge in [0.1, 0.15) is 12.4 Å². The Bertz CT molecular complexity index is 871. The van der Waals surface area contributed by atoms with Crippen LogP contribution in [0.5, 0.6) is 5.88 Å². The molecular weight excluding hydrogens is 380 g/mol. The summed E-state index contributed by atoms with van der Waals surface area (Å²) < 4.78 is 34.3. The largest absolute Gasteiger partial charge is 0.471 e. The van der Waals surface area contributed by atoms with Gasteiger partial charge in [-0.1, -0.05) is 0 Å². The molecule has 3 rings (SSSR count). The average Bonchev–Trinajstić information content (AvgIpc) is 3.02. The zero-order valence-electron chi connectivity index (χ0n) is 16.9. The van der Waals surface area contributed by atoms with Gasteiger partial charge in [0, 0.05) is 43.9 Å². The van der Waals surface area contributed by atoms with Gasteiger partial charge in [-0.2, -0.15) is 15.1 Å². The lowest BCUT2D eigenvalue weighted by molar-refractivity contribution is -0.0361. The first-order chi connectivity index (χ1) is 13.8. The molecule has 4 N–H and O–H groups in total. The molecule has 2 heterocycles. The van der Waals surface area contributed by atoms with Crippen molar-refractivity contribution in [1.82, 2.24) is 25.1 Å². The number of aromatic nitrogens is 4. The molecule has 0 spiro atoms. The van der Waals surface area contributed by atoms with Crippen LogP contribution in [0.25, 0.3) is 5.95 Å². The fourth-order valence-electron chi connectivity index (χ4n) is 3.24. The number of nitrogens with two attached hydrogens (primary N) is 1. The van der Waals surface area contributed by atoms with Crippen molar-refractivity contribution in [2.24, 2.45) is 5.73 Å². The van der Waals surface area contributed by atoms with Crippen LogP contribution in [-0.4, -0.2) is 45.4 Å². The van der Waals surface area contributed by atoms with Gasteiger partial charge in [-0.25, -0.2) is 13.5 Å². The Morgan fingerprint density at radius 2 is 2.03 bits per heavy atom. The first kappa shape index (κ1) is 20.8. The van der Waals surface area contributed by atoms with Gasteiger partial charge in [0.15, 0.2) is 0 Å². The molecule has 2 aromatic heterocycles. The zero-order valence-corrected chi connectivity index (χ0v) is 16.9. The van der Waals surface area contributed by atoms with E-state index in [1.807, 2.05) is 19.9 Å². The van der Waals surface area contributed by atoms with Gasteiger partial charge in [0.25, 0.3) is 5.95 Å². The number of hydrogen-bond donors (Lipinski definition) is 3. The lowest BCUT2D eigenvalue weighted by Crippen LogP contribution is -2.32. The Morgan fingerprint density at radius 3 is 2.62 bits per heavy atom. The number of likely N-dealkylation sites (N-methyl/N-ethyl adjacent to an activating group) is 1. The molecule has 0 aromatic carbocycles. The van der Waals surface area contributed by atoms with E-state index in [1.165, 1.54) is 6.20 Å². The number of hydrogen-bond acceptors (Lipinski definition) is 7. The lowest BCUT2D eigenvalue weighted by atomic mass is 9.92. The first-order valence-corrected chi connectivity index (χ1v) is 9.58. The summed E-state index contributed by atoms with van der Waals surface area (Å²) in [5.74, 6) is -1.39. The molecule has 0 aliphatic heterocycles. The summed E-state index contributed by atoms with van der Waals surface area (Å²) in [4.78, 5) is 8.98. The van der Waals surface area contributed by atoms with Crippen molar-refractivity contribution in [3.63, 3.8) is 0 Å². The maximum Gasteiger partial charge on any atom is 0.256 e. The number of nitrogens with one attached hydrogen (secondary N) is 2. The minimum absolute atomic E-state index is 0.0810. The third kappa shape index (κ3) is 5.33. The Hall–Kier alpha value is -2.91. The van der Waals surface area contributed by atoms with E-state index in [4.69, 9.17) is 10.5 Å². The zero-order chi connectivity index (χ0) is 21.0. The average molecular weight is 407 g/mol. The quantitative estimate of drug-likeness (QED) is 0.648. The summed E-state index contributed by atoms with van der Waals surface area (Å²) in [5, 5.41) is 10.6. The van der Waals surface area contributed by atoms with Gasteiger partial charge in [-0.15, -0.1) is 0 Å². The predicted molar refractivity (Wildman–Crippen MR) is 106 cm³/mol. The summed E-state index contributed by atoms with van der Waals surface area (Å²) >= 11 is 0. The van der Waals surface area contributed by atoms with E-state index in [2.05, 4.69) is 25.7 Å². The minimum Gasteiger partial charge on any atom is -0.471 e. The minimum atomic E-state index is -2.58. The van der Waals surface area contributed by atoms with Gasteiger partial charge < -0.3 is 21.1 Å². The summed E-state index contributed by atoms with van der Waals surface area (Å²) in [6, 6.07) is 3.50. The number of ether oxygens (including phenoxy) is 1. The van der Waals surface area contributed by atoms with Gasteiger partial charge in [-0.3, -0.25) is 0 Å². The van der Waals surface area contributed by atoms with Crippen LogP contribution in [0, 0.1) is 13.8 Å². The van der Waals surface area contributed by atoms with Crippen LogP contribution >= 0.6 is 0 Å². The van der Waals surface area contributed by atoms with Crippen LogP contribution in [-0.2, 0) is 0 Å². The van der Waals surface area contributed by atoms with Crippen LogP contribution in [0.4, 0.5) is 14.6 Å². The normalized spacial score (nSPS) is 17.2. The molecule has 1 aliphatic carbocycles. The highest BCUT2D eigenvalue weighted by Gasteiger charge is 2.35. The summed E-state index contributed by atoms with van der Waals surface area (Å²) in [6.45, 7) is 4.00. The molecule has 1 fully saturated rings. The van der Waals surface area contributed by atoms with Crippen LogP contribution in [0.15, 0.2) is 24.0 Å². The lowest BCUT2D eigenvalue weighted by Gasteiger charge is -2.29. The number of aryl methyl sites for hydroxylation is 2. The Labute approximate surface area is 168 Å². The summed E-state index contributed by atoms with van der Waals surface area (Å²) in [6.07, 6.45) is 1.92. The topological polar surface area (TPSA) is 103 Å². The van der Waals surface area contributed by atoms with Crippen LogP contribution in [0.1, 0.15) is 37.1 Å². The molecule has 0 atom stereocenters. The molecule has 0 saturated heterocycles. The molecule has 1 saturated carbocycles. The third-order valence-electron chi connectivity index (χ3n) is 4.86. The Kier molecular flexibility index (Phi) is 6.19. The second-order valence-electron chi connectivity index (χ2n) is 7.24. The van der Waals surface area contributed by atoms with Gasteiger partial charge >= 0.3 is 0 Å². The van der Waals surface area contributed by atoms with Gasteiger partial charge in [0.05, 0.1) is 11.4 Å². The van der Waals surface area contributed by atoms with Gasteiger partial charge in [-0.05, 0) is 32.8 Å². The molecule has 0 radical (unpaired) electrons. The second-order valence-corrected chi connectivity index (χ2v) is 7.24. The van der Waals surface area contributed by atoms with Gasteiger partial charge in [0.2, 0.25) is 11.8 Å². The third-order valence-corrected chi connectivity index (χ3v) is 4.86. The molecular formula is C19H27F2N7O. The van der Waals surface area contributed by atoms with E-state index in [-0.39, 0.29) is 25.5 Å². The summed E-state index contributed by atoms with van der Waals surface area (Å²) in [5.41, 5.74) is 7.95. The van der Waals surface area contributed by atoms with E-state index in [0.29, 0.717) is 36.2 Å². The van der Waals surface area contributed by atoms with E-state index in [1.54, 1.807) is 17.8 Å². The number of nitrogens with zero attached hydrogens (tertiary/aromatic N) is 4. The van der Waals surface area contributed by atoms with Crippen molar-refractivity contribution in [2.45, 2.75) is 51.5 Å². The van der Waals surface area contributed by atoms with E-state index in [9.17, 15) is 8.78 Å². The molecule has 0 bridgehead atoms. The Morgan fingerprint density at radius 1 is 1.31 bits per heavy atom. The second kappa shape index (κ2) is 8.62. The molecule has 10 heteroatoms. The molecule has 29 heavy (non-hydrogen) atoms. The standard InChI is InChI=1S/C19H27F2N7O/c1-12-8-13(2)28(27-12)18-25-16(24-14-4-6-19(20,21)7-5-14)9-17(26-18)29-11-15(10-22)23-3/h8-10,14,23H,4-7,11,22H2,1-3H3,(H,24,25,26)/b15-10-. The molecule has 8 nitrogen and oxygen atoms in total. The van der Waals surface area contributed by atoms with Crippen molar-refractivity contribution in [2.75, 3.05) is 19.0 Å². The predicted octanol–water partition coefficient (Wildman–Crippen LogP) is 2.67. The van der Waals surface area contributed by atoms with Crippen molar-refractivity contribution in [1.29, 1.82) is 0 Å². The number of rotatable bonds is 7. The highest BCUT2D eigenvalue weighted by molar-refractivity contribution is 5.42. The van der Waals surface area contributed by atoms with Crippen molar-refractivity contribution in [3.8, 4) is 11.8 Å².